The van der Waals surface area contributed by atoms with Crippen molar-refractivity contribution in [1.82, 2.24) is 0 Å². The van der Waals surface area contributed by atoms with Gasteiger partial charge in [-0.2, -0.15) is 0 Å². The molecule has 2 nitrogen and oxygen atoms in total. The predicted molar refractivity (Wildman–Crippen MR) is 52.3 cm³/mol. The summed E-state index contributed by atoms with van der Waals surface area (Å²) >= 11 is 3.46. The highest BCUT2D eigenvalue weighted by molar-refractivity contribution is 9.10. The zero-order valence-corrected chi connectivity index (χ0v) is 8.13. The van der Waals surface area contributed by atoms with Crippen molar-refractivity contribution in [2.75, 3.05) is 11.9 Å². The van der Waals surface area contributed by atoms with Gasteiger partial charge in [0.05, 0.1) is 18.3 Å². The molecule has 2 N–H and O–H groups in total. The first-order chi connectivity index (χ1) is 5.81. The Morgan fingerprint density at radius 3 is 3.08 bits per heavy atom. The first kappa shape index (κ1) is 8.08. The van der Waals surface area contributed by atoms with E-state index in [-0.39, 0.29) is 12.6 Å². The van der Waals surface area contributed by atoms with Crippen LogP contribution in [-0.4, -0.2) is 17.8 Å². The molecule has 1 aliphatic rings. The van der Waals surface area contributed by atoms with Crippen LogP contribution in [0.25, 0.3) is 0 Å². The van der Waals surface area contributed by atoms with Gasteiger partial charge in [-0.15, -0.1) is 0 Å². The fourth-order valence-corrected chi connectivity index (χ4v) is 2.05. The van der Waals surface area contributed by atoms with Crippen LogP contribution >= 0.6 is 15.9 Å². The van der Waals surface area contributed by atoms with E-state index in [1.807, 2.05) is 12.1 Å². The van der Waals surface area contributed by atoms with Gasteiger partial charge in [0.15, 0.2) is 0 Å². The topological polar surface area (TPSA) is 32.3 Å². The molecule has 0 saturated heterocycles. The van der Waals surface area contributed by atoms with Crippen LogP contribution in [0.3, 0.4) is 0 Å². The van der Waals surface area contributed by atoms with Crippen molar-refractivity contribution in [3.05, 3.63) is 28.2 Å². The Bertz CT molecular complexity index is 301. The lowest BCUT2D eigenvalue weighted by Gasteiger charge is -2.06. The number of para-hydroxylation sites is 1. The van der Waals surface area contributed by atoms with E-state index in [2.05, 4.69) is 27.3 Å². The highest BCUT2D eigenvalue weighted by atomic mass is 79.9. The average Bonchev–Trinajstić information content (AvgIpc) is 2.49. The first-order valence-electron chi connectivity index (χ1n) is 3.96. The van der Waals surface area contributed by atoms with Crippen LogP contribution in [0.15, 0.2) is 22.7 Å². The molecule has 1 atom stereocenters. The predicted octanol–water partition coefficient (Wildman–Crippen LogP) is 1.78. The number of nitrogens with one attached hydrogen (secondary N) is 1. The van der Waals surface area contributed by atoms with Crippen molar-refractivity contribution in [3.63, 3.8) is 0 Å². The molecule has 3 heteroatoms. The molecule has 1 heterocycles. The number of aliphatic hydroxyl groups is 1. The van der Waals surface area contributed by atoms with Crippen LogP contribution < -0.4 is 5.32 Å². The number of aliphatic hydroxyl groups excluding tert-OH is 1. The SMILES string of the molecule is OC[C@@H]1Cc2cccc(Br)c2N1. The summed E-state index contributed by atoms with van der Waals surface area (Å²) in [6.07, 6.45) is 0.922. The Hall–Kier alpha value is -0.540. The molecule has 0 bridgehead atoms. The molecule has 0 aliphatic carbocycles. The van der Waals surface area contributed by atoms with Crippen molar-refractivity contribution >= 4 is 21.6 Å². The molecule has 0 fully saturated rings. The van der Waals surface area contributed by atoms with Gasteiger partial charge in [-0.25, -0.2) is 0 Å². The van der Waals surface area contributed by atoms with E-state index in [0.29, 0.717) is 0 Å². The maximum Gasteiger partial charge on any atom is 0.0636 e. The molecule has 1 aromatic rings. The summed E-state index contributed by atoms with van der Waals surface area (Å²) < 4.78 is 1.08. The number of benzene rings is 1. The second-order valence-corrected chi connectivity index (χ2v) is 3.86. The minimum Gasteiger partial charge on any atom is -0.394 e. The number of hydrogen-bond acceptors (Lipinski definition) is 2. The molecule has 1 aromatic carbocycles. The number of rotatable bonds is 1. The van der Waals surface area contributed by atoms with Crippen LogP contribution in [0.5, 0.6) is 0 Å². The Morgan fingerprint density at radius 2 is 2.42 bits per heavy atom. The molecule has 2 rings (SSSR count). The van der Waals surface area contributed by atoms with Gasteiger partial charge >= 0.3 is 0 Å². The third kappa shape index (κ3) is 1.23. The molecule has 0 saturated carbocycles. The molecule has 0 unspecified atom stereocenters. The van der Waals surface area contributed by atoms with Crippen molar-refractivity contribution in [3.8, 4) is 0 Å². The largest absolute Gasteiger partial charge is 0.394 e. The first-order valence-corrected chi connectivity index (χ1v) is 4.75. The maximum atomic E-state index is 8.95. The summed E-state index contributed by atoms with van der Waals surface area (Å²) in [7, 11) is 0. The highest BCUT2D eigenvalue weighted by Crippen LogP contribution is 2.32. The van der Waals surface area contributed by atoms with Gasteiger partial charge in [0.2, 0.25) is 0 Å². The quantitative estimate of drug-likeness (QED) is 0.767. The maximum absolute atomic E-state index is 8.95. The summed E-state index contributed by atoms with van der Waals surface area (Å²) in [5.74, 6) is 0. The lowest BCUT2D eigenvalue weighted by atomic mass is 10.1. The molecular weight excluding hydrogens is 218 g/mol. The van der Waals surface area contributed by atoms with Crippen molar-refractivity contribution in [2.45, 2.75) is 12.5 Å². The van der Waals surface area contributed by atoms with Gasteiger partial charge in [-0.3, -0.25) is 0 Å². The fourth-order valence-electron chi connectivity index (χ4n) is 1.53. The van der Waals surface area contributed by atoms with Crippen molar-refractivity contribution in [1.29, 1.82) is 0 Å². The van der Waals surface area contributed by atoms with Crippen LogP contribution in [0.2, 0.25) is 0 Å². The standard InChI is InChI=1S/C9H10BrNO/c10-8-3-1-2-6-4-7(5-12)11-9(6)8/h1-3,7,11-12H,4-5H2/t7-/m0/s1. The Labute approximate surface area is 79.7 Å². The second kappa shape index (κ2) is 3.07. The van der Waals surface area contributed by atoms with E-state index in [4.69, 9.17) is 5.11 Å². The molecule has 1 aliphatic heterocycles. The van der Waals surface area contributed by atoms with Gasteiger partial charge in [0, 0.05) is 4.47 Å². The summed E-state index contributed by atoms with van der Waals surface area (Å²) in [5.41, 5.74) is 2.42. The third-order valence-electron chi connectivity index (χ3n) is 2.14. The van der Waals surface area contributed by atoms with Crippen molar-refractivity contribution < 1.29 is 5.11 Å². The average molecular weight is 228 g/mol. The highest BCUT2D eigenvalue weighted by Gasteiger charge is 2.20. The monoisotopic (exact) mass is 227 g/mol. The Kier molecular flexibility index (Phi) is 2.07. The van der Waals surface area contributed by atoms with Gasteiger partial charge in [-0.05, 0) is 34.0 Å². The molecular formula is C9H10BrNO. The molecule has 0 aromatic heterocycles. The van der Waals surface area contributed by atoms with Crippen molar-refractivity contribution in [2.24, 2.45) is 0 Å². The van der Waals surface area contributed by atoms with E-state index < -0.39 is 0 Å². The van der Waals surface area contributed by atoms with E-state index in [0.717, 1.165) is 16.6 Å². The molecule has 0 amide bonds. The van der Waals surface area contributed by atoms with Crippen LogP contribution in [-0.2, 0) is 6.42 Å². The van der Waals surface area contributed by atoms with Gasteiger partial charge in [-0.1, -0.05) is 12.1 Å². The lowest BCUT2D eigenvalue weighted by Crippen LogP contribution is -2.19. The van der Waals surface area contributed by atoms with E-state index in [1.165, 1.54) is 5.56 Å². The second-order valence-electron chi connectivity index (χ2n) is 3.00. The number of anilines is 1. The summed E-state index contributed by atoms with van der Waals surface area (Å²) in [4.78, 5) is 0. The minimum absolute atomic E-state index is 0.193. The third-order valence-corrected chi connectivity index (χ3v) is 2.80. The molecule has 12 heavy (non-hydrogen) atoms. The van der Waals surface area contributed by atoms with Crippen LogP contribution in [0, 0.1) is 0 Å². The Balaban J connectivity index is 2.35. The number of hydrogen-bond donors (Lipinski definition) is 2. The smallest absolute Gasteiger partial charge is 0.0636 e. The van der Waals surface area contributed by atoms with Gasteiger partial charge < -0.3 is 10.4 Å². The summed E-state index contributed by atoms with van der Waals surface area (Å²) in [6, 6.07) is 6.30. The van der Waals surface area contributed by atoms with Crippen LogP contribution in [0.1, 0.15) is 5.56 Å². The van der Waals surface area contributed by atoms with Crippen LogP contribution in [0.4, 0.5) is 5.69 Å². The number of halogens is 1. The molecule has 64 valence electrons. The van der Waals surface area contributed by atoms with E-state index in [9.17, 15) is 0 Å². The lowest BCUT2D eigenvalue weighted by molar-refractivity contribution is 0.277. The van der Waals surface area contributed by atoms with Gasteiger partial charge in [0.25, 0.3) is 0 Å². The Morgan fingerprint density at radius 1 is 1.58 bits per heavy atom. The number of fused-ring (bicyclic) bond motifs is 1. The van der Waals surface area contributed by atoms with Gasteiger partial charge in [0.1, 0.15) is 0 Å². The fraction of sp³-hybridized carbons (Fsp3) is 0.333. The summed E-state index contributed by atoms with van der Waals surface area (Å²) in [5, 5.41) is 12.2. The zero-order valence-electron chi connectivity index (χ0n) is 6.55. The molecule has 0 radical (unpaired) electrons. The van der Waals surface area contributed by atoms with E-state index >= 15 is 0 Å². The normalized spacial score (nSPS) is 20.3. The summed E-state index contributed by atoms with van der Waals surface area (Å²) in [6.45, 7) is 0.196. The minimum atomic E-state index is 0.193. The zero-order chi connectivity index (χ0) is 8.55. The van der Waals surface area contributed by atoms with E-state index in [1.54, 1.807) is 0 Å². The molecule has 0 spiro atoms.